The summed E-state index contributed by atoms with van der Waals surface area (Å²) in [5, 5.41) is 7.98. The highest BCUT2D eigenvalue weighted by atomic mass is 32.2. The number of anilines is 1. The smallest absolute Gasteiger partial charge is 0.283 e. The lowest BCUT2D eigenvalue weighted by Crippen LogP contribution is -2.15. The predicted octanol–water partition coefficient (Wildman–Crippen LogP) is 5.30. The van der Waals surface area contributed by atoms with E-state index >= 15 is 0 Å². The predicted molar refractivity (Wildman–Crippen MR) is 168 cm³/mol. The van der Waals surface area contributed by atoms with E-state index < -0.39 is 20.0 Å². The summed E-state index contributed by atoms with van der Waals surface area (Å²) < 4.78 is 61.7. The molecule has 0 bridgehead atoms. The number of carbonyl (C=O) groups excluding carboxylic acids is 1. The molecule has 4 heterocycles. The molecule has 0 saturated carbocycles. The van der Waals surface area contributed by atoms with Gasteiger partial charge in [0.15, 0.2) is 5.65 Å². The molecule has 45 heavy (non-hydrogen) atoms. The molecule has 7 aromatic rings. The molecule has 13 heteroatoms. The average Bonchev–Trinajstić information content (AvgIpc) is 3.82. The first-order valence-corrected chi connectivity index (χ1v) is 16.5. The second kappa shape index (κ2) is 10.9. The van der Waals surface area contributed by atoms with Crippen LogP contribution in [0.1, 0.15) is 5.76 Å². The molecule has 0 aliphatic heterocycles. The summed E-state index contributed by atoms with van der Waals surface area (Å²) in [6.45, 7) is 0. The Labute approximate surface area is 257 Å². The molecule has 0 saturated heterocycles. The van der Waals surface area contributed by atoms with Gasteiger partial charge in [0, 0.05) is 23.2 Å². The molecule has 0 radical (unpaired) electrons. The Morgan fingerprint density at radius 2 is 1.51 bits per heavy atom. The maximum atomic E-state index is 13.7. The summed E-state index contributed by atoms with van der Waals surface area (Å²) in [7, 11) is -8.07. The van der Waals surface area contributed by atoms with E-state index in [4.69, 9.17) is 4.42 Å². The van der Waals surface area contributed by atoms with E-state index in [2.05, 4.69) is 15.4 Å². The fourth-order valence-electron chi connectivity index (χ4n) is 5.18. The number of hydrogen-bond acceptors (Lipinski definition) is 8. The van der Waals surface area contributed by atoms with E-state index in [1.807, 2.05) is 0 Å². The first-order chi connectivity index (χ1) is 21.7. The van der Waals surface area contributed by atoms with Crippen LogP contribution in [0.15, 0.2) is 136 Å². The summed E-state index contributed by atoms with van der Waals surface area (Å²) in [6.07, 6.45) is 5.71. The van der Waals surface area contributed by atoms with Crippen LogP contribution in [0.2, 0.25) is 0 Å². The Balaban J connectivity index is 1.41. The van der Waals surface area contributed by atoms with Gasteiger partial charge in [-0.15, -0.1) is 0 Å². The van der Waals surface area contributed by atoms with Crippen LogP contribution in [-0.4, -0.2) is 40.9 Å². The largest absolute Gasteiger partial charge is 0.469 e. The van der Waals surface area contributed by atoms with Crippen molar-refractivity contribution in [3.8, 4) is 11.1 Å². The Morgan fingerprint density at radius 1 is 0.800 bits per heavy atom. The van der Waals surface area contributed by atoms with Gasteiger partial charge in [0.2, 0.25) is 5.91 Å². The van der Waals surface area contributed by atoms with E-state index in [1.54, 1.807) is 72.8 Å². The van der Waals surface area contributed by atoms with E-state index in [1.165, 1.54) is 49.1 Å². The number of nitrogens with zero attached hydrogens (tertiary/aromatic N) is 4. The zero-order chi connectivity index (χ0) is 31.2. The quantitative estimate of drug-likeness (QED) is 0.236. The number of fused-ring (bicyclic) bond motifs is 2. The number of nitrogens with one attached hydrogen (secondary N) is 1. The molecule has 0 atom stereocenters. The second-order valence-corrected chi connectivity index (χ2v) is 13.7. The number of furan rings is 1. The standard InChI is InChI=1S/C32H23N5O6S2/c38-31(20-23-8-7-17-43-23)35-29-18-22(19-30-28(29)21-34-37(30)45(41,42)25-11-5-2-6-12-25)26-13-15-33-32-27(26)14-16-36(32)44(39,40)24-9-3-1-4-10-24/h1-19,21H,20H2,(H,35,38). The fourth-order valence-corrected chi connectivity index (χ4v) is 7.78. The molecule has 1 N–H and O–H groups in total. The highest BCUT2D eigenvalue weighted by Gasteiger charge is 2.24. The van der Waals surface area contributed by atoms with Crippen LogP contribution in [0, 0.1) is 0 Å². The Kier molecular flexibility index (Phi) is 6.83. The monoisotopic (exact) mass is 637 g/mol. The van der Waals surface area contributed by atoms with Crippen molar-refractivity contribution in [2.24, 2.45) is 0 Å². The van der Waals surface area contributed by atoms with Gasteiger partial charge in [-0.3, -0.25) is 4.79 Å². The first-order valence-electron chi connectivity index (χ1n) is 13.7. The molecule has 4 aromatic heterocycles. The normalized spacial score (nSPS) is 12.1. The van der Waals surface area contributed by atoms with Crippen LogP contribution in [-0.2, 0) is 31.3 Å². The minimum atomic E-state index is -4.11. The molecule has 7 rings (SSSR count). The van der Waals surface area contributed by atoms with Crippen LogP contribution < -0.4 is 5.32 Å². The van der Waals surface area contributed by atoms with E-state index in [-0.39, 0.29) is 33.3 Å². The van der Waals surface area contributed by atoms with Crippen molar-refractivity contribution in [2.75, 3.05) is 5.32 Å². The van der Waals surface area contributed by atoms with E-state index in [9.17, 15) is 21.6 Å². The maximum absolute atomic E-state index is 13.7. The lowest BCUT2D eigenvalue weighted by molar-refractivity contribution is -0.115. The van der Waals surface area contributed by atoms with E-state index in [0.29, 0.717) is 33.3 Å². The fraction of sp³-hybridized carbons (Fsp3) is 0.0312. The molecule has 1 amide bonds. The van der Waals surface area contributed by atoms with Gasteiger partial charge in [-0.1, -0.05) is 36.4 Å². The third-order valence-corrected chi connectivity index (χ3v) is 10.6. The van der Waals surface area contributed by atoms with Crippen LogP contribution in [0.4, 0.5) is 5.69 Å². The third kappa shape index (κ3) is 4.97. The molecule has 0 aliphatic rings. The molecule has 224 valence electrons. The van der Waals surface area contributed by atoms with Gasteiger partial charge in [0.1, 0.15) is 5.76 Å². The molecule has 3 aromatic carbocycles. The van der Waals surface area contributed by atoms with E-state index in [0.717, 1.165) is 8.06 Å². The highest BCUT2D eigenvalue weighted by Crippen LogP contribution is 2.36. The van der Waals surface area contributed by atoms with Gasteiger partial charge in [-0.05, 0) is 71.8 Å². The van der Waals surface area contributed by atoms with Crippen molar-refractivity contribution in [3.05, 3.63) is 128 Å². The van der Waals surface area contributed by atoms with Gasteiger partial charge in [-0.2, -0.15) is 17.6 Å². The minimum Gasteiger partial charge on any atom is -0.469 e. The third-order valence-electron chi connectivity index (χ3n) is 7.28. The number of hydrogen-bond donors (Lipinski definition) is 1. The van der Waals surface area contributed by atoms with Gasteiger partial charge >= 0.3 is 0 Å². The Hall–Kier alpha value is -5.53. The summed E-state index contributed by atoms with van der Waals surface area (Å²) >= 11 is 0. The topological polar surface area (TPSA) is 146 Å². The first kappa shape index (κ1) is 28.3. The second-order valence-electron chi connectivity index (χ2n) is 10.1. The number of pyridine rings is 1. The summed E-state index contributed by atoms with van der Waals surface area (Å²) in [5.74, 6) is 0.0705. The average molecular weight is 638 g/mol. The highest BCUT2D eigenvalue weighted by molar-refractivity contribution is 7.90. The van der Waals surface area contributed by atoms with Crippen LogP contribution >= 0.6 is 0 Å². The number of benzene rings is 3. The van der Waals surface area contributed by atoms with Crippen molar-refractivity contribution < 1.29 is 26.0 Å². The lowest BCUT2D eigenvalue weighted by atomic mass is 10.0. The van der Waals surface area contributed by atoms with Crippen molar-refractivity contribution in [1.29, 1.82) is 0 Å². The van der Waals surface area contributed by atoms with Crippen molar-refractivity contribution in [3.63, 3.8) is 0 Å². The zero-order valence-electron chi connectivity index (χ0n) is 23.3. The number of aromatic nitrogens is 4. The van der Waals surface area contributed by atoms with Crippen LogP contribution in [0.25, 0.3) is 33.1 Å². The Morgan fingerprint density at radius 3 is 2.20 bits per heavy atom. The summed E-state index contributed by atoms with van der Waals surface area (Å²) in [5.41, 5.74) is 1.78. The van der Waals surface area contributed by atoms with Gasteiger partial charge in [-0.25, -0.2) is 17.4 Å². The lowest BCUT2D eigenvalue weighted by Gasteiger charge is -2.12. The Bertz CT molecular complexity index is 2420. The zero-order valence-corrected chi connectivity index (χ0v) is 24.9. The molecular weight excluding hydrogens is 615 g/mol. The molecular formula is C32H23N5O6S2. The van der Waals surface area contributed by atoms with Gasteiger partial charge < -0.3 is 9.73 Å². The number of carbonyl (C=O) groups is 1. The maximum Gasteiger partial charge on any atom is 0.283 e. The SMILES string of the molecule is O=C(Cc1ccco1)Nc1cc(-c2ccnc3c2ccn3S(=O)(=O)c2ccccc2)cc2c1cnn2S(=O)(=O)c1ccccc1. The van der Waals surface area contributed by atoms with Gasteiger partial charge in [0.05, 0.1) is 39.9 Å². The molecule has 0 spiro atoms. The minimum absolute atomic E-state index is 0.0401. The number of rotatable bonds is 8. The summed E-state index contributed by atoms with van der Waals surface area (Å²) in [4.78, 5) is 17.6. The van der Waals surface area contributed by atoms with Crippen LogP contribution in [0.3, 0.4) is 0 Å². The summed E-state index contributed by atoms with van der Waals surface area (Å²) in [6, 6.07) is 25.9. The number of amides is 1. The van der Waals surface area contributed by atoms with Crippen molar-refractivity contribution in [1.82, 2.24) is 18.1 Å². The molecule has 0 unspecified atom stereocenters. The van der Waals surface area contributed by atoms with Gasteiger partial charge in [0.25, 0.3) is 20.0 Å². The van der Waals surface area contributed by atoms with Crippen LogP contribution in [0.5, 0.6) is 0 Å². The molecule has 0 aliphatic carbocycles. The molecule has 0 fully saturated rings. The molecule has 11 nitrogen and oxygen atoms in total. The van der Waals surface area contributed by atoms with Crippen molar-refractivity contribution in [2.45, 2.75) is 16.2 Å². The van der Waals surface area contributed by atoms with Crippen molar-refractivity contribution >= 4 is 53.6 Å².